The van der Waals surface area contributed by atoms with Crippen molar-refractivity contribution in [2.45, 2.75) is 70.9 Å². The summed E-state index contributed by atoms with van der Waals surface area (Å²) in [7, 11) is 0. The van der Waals surface area contributed by atoms with Gasteiger partial charge in [0.15, 0.2) is 5.69 Å². The highest BCUT2D eigenvalue weighted by Gasteiger charge is 2.35. The van der Waals surface area contributed by atoms with E-state index in [1.165, 1.54) is 0 Å². The summed E-state index contributed by atoms with van der Waals surface area (Å²) in [5, 5.41) is 7.11. The zero-order valence-electron chi connectivity index (χ0n) is 19.2. The Kier molecular flexibility index (Phi) is 6.28. The maximum Gasteiger partial charge on any atom is 0.410 e. The molecule has 1 N–H and O–H groups in total. The first-order valence-corrected chi connectivity index (χ1v) is 11.7. The van der Waals surface area contributed by atoms with Crippen LogP contribution in [0.2, 0.25) is 0 Å². The number of nitrogens with zero attached hydrogens (tertiary/aromatic N) is 3. The molecule has 8 nitrogen and oxygen atoms in total. The molecule has 1 aliphatic carbocycles. The number of nitrogens with one attached hydrogen (secondary N) is 1. The molecule has 4 rings (SSSR count). The average Bonchev–Trinajstić information content (AvgIpc) is 3.32. The number of amides is 2. The van der Waals surface area contributed by atoms with E-state index >= 15 is 0 Å². The lowest BCUT2D eigenvalue weighted by atomic mass is 9.96. The van der Waals surface area contributed by atoms with E-state index in [9.17, 15) is 9.59 Å². The van der Waals surface area contributed by atoms with E-state index in [0.717, 1.165) is 64.2 Å². The average molecular weight is 433 g/mol. The van der Waals surface area contributed by atoms with Gasteiger partial charge in [-0.3, -0.25) is 4.79 Å². The second-order valence-electron chi connectivity index (χ2n) is 10.6. The Bertz CT molecular complexity index is 790. The second-order valence-corrected chi connectivity index (χ2v) is 10.6. The molecule has 172 valence electrons. The highest BCUT2D eigenvalue weighted by Crippen LogP contribution is 2.40. The molecule has 31 heavy (non-hydrogen) atoms. The van der Waals surface area contributed by atoms with Crippen molar-refractivity contribution in [1.82, 2.24) is 20.3 Å². The Morgan fingerprint density at radius 3 is 2.55 bits per heavy atom. The molecule has 0 unspecified atom stereocenters. The smallest absolute Gasteiger partial charge is 0.410 e. The van der Waals surface area contributed by atoms with E-state index < -0.39 is 5.60 Å². The number of aromatic nitrogens is 1. The lowest BCUT2D eigenvalue weighted by Gasteiger charge is -2.34. The number of likely N-dealkylation sites (tertiary alicyclic amines) is 2. The third kappa shape index (κ3) is 5.79. The van der Waals surface area contributed by atoms with Crippen molar-refractivity contribution >= 4 is 12.0 Å². The molecule has 8 heteroatoms. The maximum absolute atomic E-state index is 12.6. The largest absolute Gasteiger partial charge is 0.444 e. The highest BCUT2D eigenvalue weighted by atomic mass is 16.6. The summed E-state index contributed by atoms with van der Waals surface area (Å²) in [5.74, 6) is 2.11. The summed E-state index contributed by atoms with van der Waals surface area (Å²) in [5.41, 5.74) is -0.0631. The monoisotopic (exact) mass is 432 g/mol. The van der Waals surface area contributed by atoms with Gasteiger partial charge in [0.2, 0.25) is 0 Å². The van der Waals surface area contributed by atoms with Gasteiger partial charge in [-0.25, -0.2) is 4.79 Å². The van der Waals surface area contributed by atoms with Gasteiger partial charge in [-0.1, -0.05) is 12.1 Å². The first kappa shape index (κ1) is 22.1. The number of piperidine rings is 1. The van der Waals surface area contributed by atoms with Crippen molar-refractivity contribution in [3.63, 3.8) is 0 Å². The van der Waals surface area contributed by atoms with Crippen molar-refractivity contribution in [3.8, 4) is 0 Å². The molecule has 0 bridgehead atoms. The van der Waals surface area contributed by atoms with Crippen LogP contribution in [0.5, 0.6) is 0 Å². The van der Waals surface area contributed by atoms with Crippen LogP contribution in [-0.2, 0) is 4.74 Å². The Hall–Kier alpha value is -2.09. The SMILES string of the molecule is C[C@H]1CN(CC2CCN(C(=O)OC(C)(C)C)CC2)C[C@H]1NC(=O)c1cc(C2CC2)on1. The Morgan fingerprint density at radius 2 is 1.90 bits per heavy atom. The number of carbonyl (C=O) groups excluding carboxylic acids is 2. The van der Waals surface area contributed by atoms with Crippen molar-refractivity contribution in [2.24, 2.45) is 11.8 Å². The summed E-state index contributed by atoms with van der Waals surface area (Å²) in [6, 6.07) is 1.92. The van der Waals surface area contributed by atoms with Gasteiger partial charge in [-0.15, -0.1) is 0 Å². The lowest BCUT2D eigenvalue weighted by Crippen LogP contribution is -2.44. The molecule has 3 heterocycles. The predicted octanol–water partition coefficient (Wildman–Crippen LogP) is 3.25. The van der Waals surface area contributed by atoms with Gasteiger partial charge < -0.3 is 24.4 Å². The maximum atomic E-state index is 12.6. The Morgan fingerprint density at radius 1 is 1.19 bits per heavy atom. The molecule has 2 saturated heterocycles. The number of carbonyl (C=O) groups is 2. The quantitative estimate of drug-likeness (QED) is 0.768. The summed E-state index contributed by atoms with van der Waals surface area (Å²) < 4.78 is 10.8. The van der Waals surface area contributed by atoms with Gasteiger partial charge in [-0.05, 0) is 58.3 Å². The van der Waals surface area contributed by atoms with Gasteiger partial charge in [0.25, 0.3) is 5.91 Å². The van der Waals surface area contributed by atoms with Crippen LogP contribution < -0.4 is 5.32 Å². The summed E-state index contributed by atoms with van der Waals surface area (Å²) in [6.07, 6.45) is 4.03. The second kappa shape index (κ2) is 8.81. The fourth-order valence-electron chi connectivity index (χ4n) is 4.59. The van der Waals surface area contributed by atoms with E-state index in [0.29, 0.717) is 23.4 Å². The lowest BCUT2D eigenvalue weighted by molar-refractivity contribution is 0.0172. The van der Waals surface area contributed by atoms with Crippen LogP contribution in [0.25, 0.3) is 0 Å². The zero-order chi connectivity index (χ0) is 22.2. The molecule has 2 aliphatic heterocycles. The molecule has 1 aromatic rings. The molecular weight excluding hydrogens is 396 g/mol. The molecule has 2 amide bonds. The third-order valence-corrected chi connectivity index (χ3v) is 6.53. The van der Waals surface area contributed by atoms with Crippen molar-refractivity contribution in [2.75, 3.05) is 32.7 Å². The van der Waals surface area contributed by atoms with Gasteiger partial charge in [0, 0.05) is 50.7 Å². The zero-order valence-corrected chi connectivity index (χ0v) is 19.2. The molecule has 1 aromatic heterocycles. The van der Waals surface area contributed by atoms with Gasteiger partial charge in [-0.2, -0.15) is 0 Å². The Balaban J connectivity index is 1.21. The molecule has 3 aliphatic rings. The minimum absolute atomic E-state index is 0.121. The molecule has 2 atom stereocenters. The standard InChI is InChI=1S/C23H36N4O4/c1-15-12-26(13-16-7-9-27(10-8-16)22(29)30-23(2,3)4)14-19(15)24-21(28)18-11-20(31-25-18)17-5-6-17/h11,15-17,19H,5-10,12-14H2,1-4H3,(H,24,28)/t15-,19+/m0/s1. The van der Waals surface area contributed by atoms with Crippen LogP contribution in [0, 0.1) is 11.8 Å². The minimum atomic E-state index is -0.454. The molecular formula is C23H36N4O4. The van der Waals surface area contributed by atoms with Gasteiger partial charge in [0.1, 0.15) is 11.4 Å². The molecule has 0 spiro atoms. The topological polar surface area (TPSA) is 87.9 Å². The van der Waals surface area contributed by atoms with Gasteiger partial charge in [0.05, 0.1) is 0 Å². The van der Waals surface area contributed by atoms with Crippen LogP contribution >= 0.6 is 0 Å². The number of hydrogen-bond acceptors (Lipinski definition) is 6. The Labute approximate surface area is 184 Å². The van der Waals surface area contributed by atoms with E-state index in [1.807, 2.05) is 25.7 Å². The first-order chi connectivity index (χ1) is 14.7. The third-order valence-electron chi connectivity index (χ3n) is 6.53. The van der Waals surface area contributed by atoms with Crippen LogP contribution in [0.4, 0.5) is 4.79 Å². The normalized spacial score (nSPS) is 25.6. The van der Waals surface area contributed by atoms with Crippen molar-refractivity contribution in [1.29, 1.82) is 0 Å². The molecule has 3 fully saturated rings. The van der Waals surface area contributed by atoms with Gasteiger partial charge >= 0.3 is 6.09 Å². The molecule has 1 saturated carbocycles. The fraction of sp³-hybridized carbons (Fsp3) is 0.783. The van der Waals surface area contributed by atoms with Crippen LogP contribution in [-0.4, -0.2) is 71.3 Å². The number of ether oxygens (including phenoxy) is 1. The van der Waals surface area contributed by atoms with Crippen molar-refractivity contribution < 1.29 is 18.8 Å². The van der Waals surface area contributed by atoms with Crippen LogP contribution in [0.15, 0.2) is 10.6 Å². The highest BCUT2D eigenvalue weighted by molar-refractivity contribution is 5.92. The van der Waals surface area contributed by atoms with Crippen LogP contribution in [0.1, 0.15) is 75.5 Å². The van der Waals surface area contributed by atoms with E-state index in [-0.39, 0.29) is 18.0 Å². The molecule has 0 aromatic carbocycles. The fourth-order valence-corrected chi connectivity index (χ4v) is 4.59. The predicted molar refractivity (Wildman–Crippen MR) is 116 cm³/mol. The summed E-state index contributed by atoms with van der Waals surface area (Å²) in [6.45, 7) is 12.2. The minimum Gasteiger partial charge on any atom is -0.444 e. The van der Waals surface area contributed by atoms with E-state index in [1.54, 1.807) is 6.07 Å². The van der Waals surface area contributed by atoms with Crippen molar-refractivity contribution in [3.05, 3.63) is 17.5 Å². The van der Waals surface area contributed by atoms with Crippen LogP contribution in [0.3, 0.4) is 0 Å². The molecule has 0 radical (unpaired) electrons. The summed E-state index contributed by atoms with van der Waals surface area (Å²) in [4.78, 5) is 29.1. The first-order valence-electron chi connectivity index (χ1n) is 11.7. The van der Waals surface area contributed by atoms with E-state index in [4.69, 9.17) is 9.26 Å². The summed E-state index contributed by atoms with van der Waals surface area (Å²) >= 11 is 0. The number of hydrogen-bond donors (Lipinski definition) is 1. The van der Waals surface area contributed by atoms with E-state index in [2.05, 4.69) is 22.3 Å². The number of rotatable bonds is 5.